The second-order valence-corrected chi connectivity index (χ2v) is 10.6. The molecule has 6 nitrogen and oxygen atoms in total. The molecule has 0 radical (unpaired) electrons. The highest BCUT2D eigenvalue weighted by molar-refractivity contribution is 5.93. The van der Waals surface area contributed by atoms with Crippen LogP contribution in [0.15, 0.2) is 42.7 Å². The van der Waals surface area contributed by atoms with Crippen LogP contribution in [0.1, 0.15) is 66.9 Å². The first kappa shape index (κ1) is 20.2. The first-order chi connectivity index (χ1) is 15.6. The van der Waals surface area contributed by atoms with Crippen molar-refractivity contribution in [1.82, 2.24) is 15.3 Å². The van der Waals surface area contributed by atoms with Crippen molar-refractivity contribution in [3.05, 3.63) is 54.0 Å². The van der Waals surface area contributed by atoms with Gasteiger partial charge in [0.15, 0.2) is 0 Å². The maximum absolute atomic E-state index is 13.1. The van der Waals surface area contributed by atoms with Crippen LogP contribution >= 0.6 is 0 Å². The summed E-state index contributed by atoms with van der Waals surface area (Å²) >= 11 is 0. The van der Waals surface area contributed by atoms with Crippen LogP contribution in [0.2, 0.25) is 0 Å². The third-order valence-electron chi connectivity index (χ3n) is 8.48. The van der Waals surface area contributed by atoms with E-state index in [4.69, 9.17) is 4.98 Å². The van der Waals surface area contributed by atoms with Gasteiger partial charge in [0.1, 0.15) is 11.5 Å². The van der Waals surface area contributed by atoms with Gasteiger partial charge in [-0.25, -0.2) is 4.98 Å². The lowest BCUT2D eigenvalue weighted by atomic mass is 9.52. The molecule has 5 aliphatic rings. The lowest BCUT2D eigenvalue weighted by Crippen LogP contribution is -2.61. The van der Waals surface area contributed by atoms with E-state index in [9.17, 15) is 9.90 Å². The zero-order valence-electron chi connectivity index (χ0n) is 18.5. The molecule has 7 rings (SSSR count). The molecule has 2 atom stereocenters. The Labute approximate surface area is 189 Å². The lowest BCUT2D eigenvalue weighted by Gasteiger charge is -2.58. The second kappa shape index (κ2) is 7.84. The molecule has 168 valence electrons. The first-order valence-corrected chi connectivity index (χ1v) is 12.2. The van der Waals surface area contributed by atoms with Gasteiger partial charge in [0, 0.05) is 31.5 Å². The predicted molar refractivity (Wildman–Crippen MR) is 122 cm³/mol. The van der Waals surface area contributed by atoms with Gasteiger partial charge in [0.05, 0.1) is 5.60 Å². The van der Waals surface area contributed by atoms with Gasteiger partial charge in [0.25, 0.3) is 5.91 Å². The van der Waals surface area contributed by atoms with Crippen molar-refractivity contribution < 1.29 is 9.90 Å². The number of carbonyl (C=O) groups excluding carboxylic acids is 1. The van der Waals surface area contributed by atoms with Gasteiger partial charge in [-0.1, -0.05) is 12.1 Å². The van der Waals surface area contributed by atoms with Crippen LogP contribution in [0.5, 0.6) is 0 Å². The van der Waals surface area contributed by atoms with Gasteiger partial charge in [0.2, 0.25) is 0 Å². The van der Waals surface area contributed by atoms with Gasteiger partial charge in [-0.3, -0.25) is 9.78 Å². The monoisotopic (exact) mass is 432 g/mol. The summed E-state index contributed by atoms with van der Waals surface area (Å²) in [5.74, 6) is 2.82. The van der Waals surface area contributed by atoms with Crippen LogP contribution in [0.4, 0.5) is 5.82 Å². The van der Waals surface area contributed by atoms with Crippen molar-refractivity contribution in [2.24, 2.45) is 17.8 Å². The van der Waals surface area contributed by atoms with E-state index in [0.29, 0.717) is 29.4 Å². The minimum Gasteiger partial charge on any atom is -0.390 e. The van der Waals surface area contributed by atoms with Crippen molar-refractivity contribution >= 4 is 11.7 Å². The maximum atomic E-state index is 13.1. The summed E-state index contributed by atoms with van der Waals surface area (Å²) in [4.78, 5) is 24.4. The Morgan fingerprint density at radius 2 is 1.84 bits per heavy atom. The summed E-state index contributed by atoms with van der Waals surface area (Å²) in [6, 6.07) is 10.1. The van der Waals surface area contributed by atoms with Crippen molar-refractivity contribution in [2.75, 3.05) is 18.0 Å². The summed E-state index contributed by atoms with van der Waals surface area (Å²) in [7, 11) is 0. The van der Waals surface area contributed by atoms with Crippen molar-refractivity contribution in [3.63, 3.8) is 0 Å². The molecule has 1 aliphatic heterocycles. The molecule has 5 fully saturated rings. The number of aromatic nitrogens is 2. The third-order valence-corrected chi connectivity index (χ3v) is 8.48. The summed E-state index contributed by atoms with van der Waals surface area (Å²) in [5.41, 5.74) is 1.34. The van der Waals surface area contributed by atoms with Gasteiger partial charge >= 0.3 is 0 Å². The van der Waals surface area contributed by atoms with Crippen LogP contribution in [-0.4, -0.2) is 45.7 Å². The molecule has 2 unspecified atom stereocenters. The van der Waals surface area contributed by atoms with Gasteiger partial charge in [-0.2, -0.15) is 0 Å². The van der Waals surface area contributed by atoms with Gasteiger partial charge in [-0.15, -0.1) is 0 Å². The van der Waals surface area contributed by atoms with E-state index >= 15 is 0 Å². The minimum atomic E-state index is -0.474. The van der Waals surface area contributed by atoms with Crippen LogP contribution in [-0.2, 0) is 0 Å². The van der Waals surface area contributed by atoms with Crippen LogP contribution < -0.4 is 10.2 Å². The van der Waals surface area contributed by atoms with E-state index in [2.05, 4.69) is 21.3 Å². The van der Waals surface area contributed by atoms with Crippen molar-refractivity contribution in [2.45, 2.75) is 62.5 Å². The highest BCUT2D eigenvalue weighted by atomic mass is 16.3. The standard InChI is InChI=1S/C26H32N4O2/c31-25(29-24-20-11-17-12-21(24)15-26(32,13-17)14-20)22-4-1-5-23(28-22)30-9-6-18(7-10-30)19-3-2-8-27-16-19/h1-5,8,16-18,20-21,24,32H,6-7,9-15H2,(H,29,31)/t17?,20?,21?,24-,26-. The Hall–Kier alpha value is -2.47. The SMILES string of the molecule is O=C(N[C@H]1C2CC3CC1C[C@](O)(C3)C2)c1cccc(N2CCC(c3cccnc3)CC2)n1. The molecule has 4 bridgehead atoms. The molecule has 2 N–H and O–H groups in total. The molecule has 0 aromatic carbocycles. The van der Waals surface area contributed by atoms with Crippen LogP contribution in [0.3, 0.4) is 0 Å². The summed E-state index contributed by atoms with van der Waals surface area (Å²) < 4.78 is 0. The number of piperidine rings is 1. The van der Waals surface area contributed by atoms with Gasteiger partial charge in [-0.05, 0) is 92.4 Å². The van der Waals surface area contributed by atoms with E-state index in [1.807, 2.05) is 36.7 Å². The quantitative estimate of drug-likeness (QED) is 0.773. The fraction of sp³-hybridized carbons (Fsp3) is 0.577. The zero-order chi connectivity index (χ0) is 21.7. The molecular weight excluding hydrogens is 400 g/mol. The predicted octanol–water partition coefficient (Wildman–Crippen LogP) is 3.53. The summed E-state index contributed by atoms with van der Waals surface area (Å²) in [6.45, 7) is 1.87. The molecule has 2 aromatic rings. The average Bonchev–Trinajstić information content (AvgIpc) is 2.81. The topological polar surface area (TPSA) is 78.4 Å². The van der Waals surface area contributed by atoms with E-state index < -0.39 is 5.60 Å². The molecule has 6 heteroatoms. The fourth-order valence-electron chi connectivity index (χ4n) is 7.23. The van der Waals surface area contributed by atoms with E-state index in [0.717, 1.165) is 63.9 Å². The number of carbonyl (C=O) groups is 1. The molecule has 1 amide bonds. The first-order valence-electron chi connectivity index (χ1n) is 12.2. The number of amides is 1. The number of hydrogen-bond donors (Lipinski definition) is 2. The molecule has 2 aromatic heterocycles. The number of pyridine rings is 2. The van der Waals surface area contributed by atoms with Gasteiger partial charge < -0.3 is 15.3 Å². The van der Waals surface area contributed by atoms with Crippen molar-refractivity contribution in [1.29, 1.82) is 0 Å². The number of nitrogens with zero attached hydrogens (tertiary/aromatic N) is 3. The molecule has 1 saturated heterocycles. The molecule has 4 saturated carbocycles. The normalized spacial score (nSPS) is 34.0. The smallest absolute Gasteiger partial charge is 0.270 e. The number of hydrogen-bond acceptors (Lipinski definition) is 5. The Morgan fingerprint density at radius 3 is 2.53 bits per heavy atom. The average molecular weight is 433 g/mol. The number of nitrogens with one attached hydrogen (secondary N) is 1. The molecule has 0 spiro atoms. The molecule has 32 heavy (non-hydrogen) atoms. The Bertz CT molecular complexity index is 972. The van der Waals surface area contributed by atoms with E-state index in [1.165, 1.54) is 5.56 Å². The Balaban J connectivity index is 1.11. The third kappa shape index (κ3) is 3.68. The molecule has 4 aliphatic carbocycles. The van der Waals surface area contributed by atoms with Crippen LogP contribution in [0, 0.1) is 17.8 Å². The number of rotatable bonds is 4. The van der Waals surface area contributed by atoms with Crippen molar-refractivity contribution in [3.8, 4) is 0 Å². The highest BCUT2D eigenvalue weighted by Crippen LogP contribution is 2.55. The largest absolute Gasteiger partial charge is 0.390 e. The lowest BCUT2D eigenvalue weighted by molar-refractivity contribution is -0.136. The fourth-order valence-corrected chi connectivity index (χ4v) is 7.23. The maximum Gasteiger partial charge on any atom is 0.270 e. The Morgan fingerprint density at radius 1 is 1.06 bits per heavy atom. The number of anilines is 1. The minimum absolute atomic E-state index is 0.0680. The zero-order valence-corrected chi connectivity index (χ0v) is 18.5. The van der Waals surface area contributed by atoms with E-state index in [-0.39, 0.29) is 11.9 Å². The molecule has 3 heterocycles. The van der Waals surface area contributed by atoms with Crippen LogP contribution in [0.25, 0.3) is 0 Å². The highest BCUT2D eigenvalue weighted by Gasteiger charge is 2.55. The van der Waals surface area contributed by atoms with E-state index in [1.54, 1.807) is 0 Å². The number of aliphatic hydroxyl groups is 1. The summed E-state index contributed by atoms with van der Waals surface area (Å²) in [5, 5.41) is 14.1. The molecular formula is C26H32N4O2. The Kier molecular flexibility index (Phi) is 4.94. The summed E-state index contributed by atoms with van der Waals surface area (Å²) in [6.07, 6.45) is 10.9. The second-order valence-electron chi connectivity index (χ2n) is 10.6.